The van der Waals surface area contributed by atoms with Gasteiger partial charge in [0.05, 0.1) is 12.3 Å². The van der Waals surface area contributed by atoms with E-state index in [2.05, 4.69) is 5.16 Å². The molecule has 5 nitrogen and oxygen atoms in total. The molecule has 0 bridgehead atoms. The van der Waals surface area contributed by atoms with Crippen LogP contribution in [0.5, 0.6) is 0 Å². The van der Waals surface area contributed by atoms with Gasteiger partial charge in [-0.1, -0.05) is 48.3 Å². The zero-order valence-electron chi connectivity index (χ0n) is 13.3. The summed E-state index contributed by atoms with van der Waals surface area (Å²) in [6.45, 7) is 0.555. The van der Waals surface area contributed by atoms with Crippen LogP contribution in [0.1, 0.15) is 36.0 Å². The van der Waals surface area contributed by atoms with Gasteiger partial charge in [0, 0.05) is 25.1 Å². The number of hydrogen-bond donors (Lipinski definition) is 1. The van der Waals surface area contributed by atoms with E-state index in [1.165, 1.54) is 6.20 Å². The van der Waals surface area contributed by atoms with Crippen molar-refractivity contribution in [2.45, 2.75) is 31.8 Å². The first-order chi connectivity index (χ1) is 11.2. The molecule has 1 amide bonds. The number of aliphatic hydroxyl groups excluding tert-OH is 1. The van der Waals surface area contributed by atoms with Crippen LogP contribution in [-0.2, 0) is 0 Å². The van der Waals surface area contributed by atoms with Crippen molar-refractivity contribution in [3.63, 3.8) is 0 Å². The van der Waals surface area contributed by atoms with Gasteiger partial charge in [-0.25, -0.2) is 0 Å². The van der Waals surface area contributed by atoms with Gasteiger partial charge in [0.25, 0.3) is 5.91 Å². The molecule has 1 heterocycles. The van der Waals surface area contributed by atoms with E-state index >= 15 is 0 Å². The van der Waals surface area contributed by atoms with Gasteiger partial charge in [-0.15, -0.1) is 0 Å². The lowest BCUT2D eigenvalue weighted by molar-refractivity contribution is 0.0451. The lowest BCUT2D eigenvalue weighted by Gasteiger charge is -2.31. The Kier molecular flexibility index (Phi) is 4.76. The summed E-state index contributed by atoms with van der Waals surface area (Å²) in [4.78, 5) is 14.4. The molecule has 2 unspecified atom stereocenters. The minimum atomic E-state index is -0.310. The highest BCUT2D eigenvalue weighted by molar-refractivity contribution is 5.99. The lowest BCUT2D eigenvalue weighted by Crippen LogP contribution is -2.38. The van der Waals surface area contributed by atoms with Crippen LogP contribution in [-0.4, -0.2) is 40.8 Å². The van der Waals surface area contributed by atoms with Gasteiger partial charge >= 0.3 is 0 Å². The van der Waals surface area contributed by atoms with Crippen LogP contribution < -0.4 is 0 Å². The van der Waals surface area contributed by atoms with Gasteiger partial charge in [-0.2, -0.15) is 0 Å². The lowest BCUT2D eigenvalue weighted by atomic mass is 9.86. The van der Waals surface area contributed by atoms with Crippen LogP contribution in [0.15, 0.2) is 41.1 Å². The molecule has 1 aliphatic rings. The molecule has 1 aromatic carbocycles. The number of carbonyl (C=O) groups is 1. The molecule has 2 atom stereocenters. The number of aliphatic hydroxyl groups is 1. The second kappa shape index (κ2) is 6.96. The van der Waals surface area contributed by atoms with E-state index < -0.39 is 0 Å². The molecule has 0 aliphatic heterocycles. The van der Waals surface area contributed by atoms with E-state index in [-0.39, 0.29) is 17.9 Å². The first-order valence-corrected chi connectivity index (χ1v) is 8.10. The Morgan fingerprint density at radius 1 is 1.30 bits per heavy atom. The Labute approximate surface area is 135 Å². The second-order valence-electron chi connectivity index (χ2n) is 6.23. The monoisotopic (exact) mass is 314 g/mol. The van der Waals surface area contributed by atoms with Crippen molar-refractivity contribution in [1.82, 2.24) is 10.1 Å². The molecule has 5 heteroatoms. The van der Waals surface area contributed by atoms with Crippen LogP contribution in [0.4, 0.5) is 0 Å². The number of nitrogens with zero attached hydrogens (tertiary/aromatic N) is 2. The van der Waals surface area contributed by atoms with E-state index in [1.54, 1.807) is 11.9 Å². The maximum absolute atomic E-state index is 12.7. The zero-order chi connectivity index (χ0) is 16.2. The Balaban J connectivity index is 1.74. The Hall–Kier alpha value is -2.14. The van der Waals surface area contributed by atoms with Gasteiger partial charge in [0.15, 0.2) is 5.76 Å². The quantitative estimate of drug-likeness (QED) is 0.942. The molecule has 23 heavy (non-hydrogen) atoms. The minimum absolute atomic E-state index is 0.122. The fourth-order valence-corrected chi connectivity index (χ4v) is 3.23. The van der Waals surface area contributed by atoms with Gasteiger partial charge in [0.2, 0.25) is 0 Å². The van der Waals surface area contributed by atoms with E-state index in [9.17, 15) is 9.90 Å². The smallest absolute Gasteiger partial charge is 0.259 e. The van der Waals surface area contributed by atoms with Gasteiger partial charge < -0.3 is 14.5 Å². The summed E-state index contributed by atoms with van der Waals surface area (Å²) in [7, 11) is 1.77. The molecule has 1 fully saturated rings. The molecule has 1 aromatic heterocycles. The summed E-state index contributed by atoms with van der Waals surface area (Å²) in [5.74, 6) is 0.521. The van der Waals surface area contributed by atoms with E-state index in [0.29, 0.717) is 17.9 Å². The third kappa shape index (κ3) is 3.45. The topological polar surface area (TPSA) is 66.6 Å². The summed E-state index contributed by atoms with van der Waals surface area (Å²) in [6.07, 6.45) is 5.14. The molecule has 1 N–H and O–H groups in total. The predicted octanol–water partition coefficient (Wildman–Crippen LogP) is 2.96. The highest BCUT2D eigenvalue weighted by Gasteiger charge is 2.27. The van der Waals surface area contributed by atoms with Gasteiger partial charge in [-0.05, 0) is 12.8 Å². The SMILES string of the molecule is CN(CC1CCCCC1O)C(=O)c1cnoc1-c1ccccc1. The summed E-state index contributed by atoms with van der Waals surface area (Å²) < 4.78 is 5.29. The van der Waals surface area contributed by atoms with Crippen molar-refractivity contribution in [3.05, 3.63) is 42.1 Å². The van der Waals surface area contributed by atoms with Crippen molar-refractivity contribution in [3.8, 4) is 11.3 Å². The standard InChI is InChI=1S/C18H22N2O3/c1-20(12-14-9-5-6-10-16(14)21)18(22)15-11-19-23-17(15)13-7-3-2-4-8-13/h2-4,7-8,11,14,16,21H,5-6,9-10,12H2,1H3. The van der Waals surface area contributed by atoms with Gasteiger partial charge in [0.1, 0.15) is 5.56 Å². The number of amides is 1. The first-order valence-electron chi connectivity index (χ1n) is 8.10. The normalized spacial score (nSPS) is 21.1. The number of aromatic nitrogens is 1. The van der Waals surface area contributed by atoms with Crippen LogP contribution >= 0.6 is 0 Å². The van der Waals surface area contributed by atoms with Crippen molar-refractivity contribution >= 4 is 5.91 Å². The van der Waals surface area contributed by atoms with Crippen molar-refractivity contribution in [1.29, 1.82) is 0 Å². The number of benzene rings is 1. The van der Waals surface area contributed by atoms with Crippen molar-refractivity contribution in [2.75, 3.05) is 13.6 Å². The van der Waals surface area contributed by atoms with E-state index in [4.69, 9.17) is 4.52 Å². The van der Waals surface area contributed by atoms with Crippen LogP contribution in [0.3, 0.4) is 0 Å². The Bertz CT molecular complexity index is 653. The highest BCUT2D eigenvalue weighted by Crippen LogP contribution is 2.27. The molecule has 1 aliphatic carbocycles. The van der Waals surface area contributed by atoms with Gasteiger partial charge in [-0.3, -0.25) is 4.79 Å². The largest absolute Gasteiger partial charge is 0.393 e. The van der Waals surface area contributed by atoms with Crippen LogP contribution in [0, 0.1) is 5.92 Å². The fraction of sp³-hybridized carbons (Fsp3) is 0.444. The number of rotatable bonds is 4. The molecular weight excluding hydrogens is 292 g/mol. The molecule has 3 rings (SSSR count). The summed E-state index contributed by atoms with van der Waals surface area (Å²) >= 11 is 0. The average Bonchev–Trinajstić information content (AvgIpc) is 3.06. The first kappa shape index (κ1) is 15.7. The van der Waals surface area contributed by atoms with Crippen LogP contribution in [0.2, 0.25) is 0 Å². The molecular formula is C18H22N2O3. The molecule has 0 saturated heterocycles. The molecule has 0 radical (unpaired) electrons. The zero-order valence-corrected chi connectivity index (χ0v) is 13.3. The predicted molar refractivity (Wildman–Crippen MR) is 86.9 cm³/mol. The van der Waals surface area contributed by atoms with Crippen LogP contribution in [0.25, 0.3) is 11.3 Å². The maximum Gasteiger partial charge on any atom is 0.259 e. The average molecular weight is 314 g/mol. The summed E-state index contributed by atoms with van der Waals surface area (Å²) in [6, 6.07) is 9.49. The third-order valence-electron chi connectivity index (χ3n) is 4.56. The summed E-state index contributed by atoms with van der Waals surface area (Å²) in [5.41, 5.74) is 1.29. The molecule has 0 spiro atoms. The third-order valence-corrected chi connectivity index (χ3v) is 4.56. The van der Waals surface area contributed by atoms with E-state index in [0.717, 1.165) is 31.2 Å². The fourth-order valence-electron chi connectivity index (χ4n) is 3.23. The van der Waals surface area contributed by atoms with Crippen molar-refractivity contribution < 1.29 is 14.4 Å². The molecule has 122 valence electrons. The minimum Gasteiger partial charge on any atom is -0.393 e. The summed E-state index contributed by atoms with van der Waals surface area (Å²) in [5, 5.41) is 13.9. The van der Waals surface area contributed by atoms with Crippen molar-refractivity contribution in [2.24, 2.45) is 5.92 Å². The number of carbonyl (C=O) groups excluding carboxylic acids is 1. The Morgan fingerprint density at radius 3 is 2.78 bits per heavy atom. The van der Waals surface area contributed by atoms with E-state index in [1.807, 2.05) is 30.3 Å². The number of hydrogen-bond acceptors (Lipinski definition) is 4. The maximum atomic E-state index is 12.7. The highest BCUT2D eigenvalue weighted by atomic mass is 16.5. The molecule has 2 aromatic rings. The second-order valence-corrected chi connectivity index (χ2v) is 6.23. The molecule has 1 saturated carbocycles. The Morgan fingerprint density at radius 2 is 2.04 bits per heavy atom.